The van der Waals surface area contributed by atoms with Gasteiger partial charge >= 0.3 is 0 Å². The number of rotatable bonds is 8. The van der Waals surface area contributed by atoms with Crippen LogP contribution in [-0.2, 0) is 27.5 Å². The monoisotopic (exact) mass is 454 g/mol. The first-order valence-corrected chi connectivity index (χ1v) is 12.3. The zero-order valence-corrected chi connectivity index (χ0v) is 19.1. The third kappa shape index (κ3) is 4.26. The van der Waals surface area contributed by atoms with E-state index < -0.39 is 9.84 Å². The van der Waals surface area contributed by atoms with Crippen LogP contribution >= 0.6 is 0 Å². The molecule has 0 aliphatic rings. The van der Waals surface area contributed by atoms with Gasteiger partial charge < -0.3 is 19.8 Å². The SMILES string of the molecule is CCCn1c(CCOC)nc2c(N)nc3cc(Oc4ccc(S(C)(=O)=O)cc4)ccc3c21. The summed E-state index contributed by atoms with van der Waals surface area (Å²) in [6.07, 6.45) is 2.82. The molecule has 0 aliphatic carbocycles. The Kier molecular flexibility index (Phi) is 6.03. The Hall–Kier alpha value is -3.17. The van der Waals surface area contributed by atoms with E-state index >= 15 is 0 Å². The topological polar surface area (TPSA) is 109 Å². The van der Waals surface area contributed by atoms with Crippen LogP contribution < -0.4 is 10.5 Å². The molecule has 0 spiro atoms. The second kappa shape index (κ2) is 8.76. The average Bonchev–Trinajstić information content (AvgIpc) is 3.11. The molecule has 2 aromatic heterocycles. The van der Waals surface area contributed by atoms with Crippen LogP contribution in [0.25, 0.3) is 21.9 Å². The average molecular weight is 455 g/mol. The summed E-state index contributed by atoms with van der Waals surface area (Å²) >= 11 is 0. The second-order valence-electron chi connectivity index (χ2n) is 7.64. The van der Waals surface area contributed by atoms with Crippen LogP contribution in [0.3, 0.4) is 0 Å². The standard InChI is InChI=1S/C23H26N4O4S/c1-4-12-27-20(11-13-30-2)26-21-22(27)18-10-7-16(14-19(18)25-23(21)24)31-15-5-8-17(9-6-15)32(3,28)29/h5-10,14H,4,11-13H2,1-3H3,(H2,24,25). The number of nitrogen functional groups attached to an aromatic ring is 1. The number of nitrogens with two attached hydrogens (primary N) is 1. The lowest BCUT2D eigenvalue weighted by Gasteiger charge is -2.11. The van der Waals surface area contributed by atoms with Crippen molar-refractivity contribution in [2.75, 3.05) is 25.7 Å². The Morgan fingerprint density at radius 3 is 2.44 bits per heavy atom. The third-order valence-electron chi connectivity index (χ3n) is 5.22. The first kappa shape index (κ1) is 22.0. The Morgan fingerprint density at radius 1 is 1.06 bits per heavy atom. The van der Waals surface area contributed by atoms with Gasteiger partial charge in [-0.05, 0) is 42.8 Å². The van der Waals surface area contributed by atoms with E-state index in [2.05, 4.69) is 16.5 Å². The number of nitrogens with zero attached hydrogens (tertiary/aromatic N) is 3. The molecule has 0 atom stereocenters. The fraction of sp³-hybridized carbons (Fsp3) is 0.304. The van der Waals surface area contributed by atoms with Crippen molar-refractivity contribution < 1.29 is 17.9 Å². The highest BCUT2D eigenvalue weighted by molar-refractivity contribution is 7.90. The molecule has 2 aromatic carbocycles. The maximum absolute atomic E-state index is 11.6. The molecule has 0 aliphatic heterocycles. The van der Waals surface area contributed by atoms with Gasteiger partial charge in [0.05, 0.1) is 22.5 Å². The van der Waals surface area contributed by atoms with Crippen molar-refractivity contribution in [3.63, 3.8) is 0 Å². The van der Waals surface area contributed by atoms with E-state index in [-0.39, 0.29) is 4.90 Å². The van der Waals surface area contributed by atoms with Crippen LogP contribution in [0.15, 0.2) is 47.4 Å². The van der Waals surface area contributed by atoms with Crippen molar-refractivity contribution in [1.29, 1.82) is 0 Å². The molecule has 2 heterocycles. The van der Waals surface area contributed by atoms with Crippen molar-refractivity contribution in [3.8, 4) is 11.5 Å². The normalized spacial score (nSPS) is 12.0. The summed E-state index contributed by atoms with van der Waals surface area (Å²) in [5, 5.41) is 0.943. The van der Waals surface area contributed by atoms with Gasteiger partial charge in [-0.3, -0.25) is 0 Å². The molecule has 168 valence electrons. The Morgan fingerprint density at radius 2 is 1.78 bits per heavy atom. The predicted octanol–water partition coefficient (Wildman–Crippen LogP) is 3.96. The maximum Gasteiger partial charge on any atom is 0.175 e. The van der Waals surface area contributed by atoms with Crippen molar-refractivity contribution >= 4 is 37.6 Å². The first-order valence-electron chi connectivity index (χ1n) is 10.4. The fourth-order valence-corrected chi connectivity index (χ4v) is 4.37. The lowest BCUT2D eigenvalue weighted by Crippen LogP contribution is -2.06. The van der Waals surface area contributed by atoms with Crippen LogP contribution in [0, 0.1) is 0 Å². The van der Waals surface area contributed by atoms with Gasteiger partial charge in [0.15, 0.2) is 15.7 Å². The van der Waals surface area contributed by atoms with Crippen molar-refractivity contribution in [2.24, 2.45) is 0 Å². The molecule has 2 N–H and O–H groups in total. The number of sulfone groups is 1. The highest BCUT2D eigenvalue weighted by Gasteiger charge is 2.17. The number of aromatic nitrogens is 3. The van der Waals surface area contributed by atoms with E-state index in [1.54, 1.807) is 19.2 Å². The smallest absolute Gasteiger partial charge is 0.175 e. The van der Waals surface area contributed by atoms with Gasteiger partial charge in [-0.25, -0.2) is 18.4 Å². The summed E-state index contributed by atoms with van der Waals surface area (Å²) in [4.78, 5) is 9.55. The molecule has 0 unspecified atom stereocenters. The molecule has 0 radical (unpaired) electrons. The lowest BCUT2D eigenvalue weighted by atomic mass is 10.1. The van der Waals surface area contributed by atoms with Gasteiger partial charge in [0.25, 0.3) is 0 Å². The van der Waals surface area contributed by atoms with Crippen LogP contribution in [0.1, 0.15) is 19.2 Å². The summed E-state index contributed by atoms with van der Waals surface area (Å²) in [6.45, 7) is 3.52. The van der Waals surface area contributed by atoms with E-state index in [4.69, 9.17) is 20.2 Å². The van der Waals surface area contributed by atoms with Gasteiger partial charge in [0.1, 0.15) is 22.8 Å². The number of fused-ring (bicyclic) bond motifs is 3. The molecule has 0 fully saturated rings. The molecule has 32 heavy (non-hydrogen) atoms. The predicted molar refractivity (Wildman–Crippen MR) is 125 cm³/mol. The van der Waals surface area contributed by atoms with Gasteiger partial charge in [-0.1, -0.05) is 6.92 Å². The third-order valence-corrected chi connectivity index (χ3v) is 6.35. The summed E-state index contributed by atoms with van der Waals surface area (Å²) in [6, 6.07) is 12.0. The Balaban J connectivity index is 1.75. The fourth-order valence-electron chi connectivity index (χ4n) is 3.74. The molecule has 4 aromatic rings. The molecule has 0 saturated carbocycles. The van der Waals surface area contributed by atoms with Gasteiger partial charge in [0.2, 0.25) is 0 Å². The number of hydrogen-bond donors (Lipinski definition) is 1. The molecule has 0 bridgehead atoms. The molecule has 0 saturated heterocycles. The van der Waals surface area contributed by atoms with Crippen LogP contribution in [0.4, 0.5) is 5.82 Å². The summed E-state index contributed by atoms with van der Waals surface area (Å²) in [5.41, 5.74) is 8.64. The largest absolute Gasteiger partial charge is 0.457 e. The van der Waals surface area contributed by atoms with Gasteiger partial charge in [-0.15, -0.1) is 0 Å². The molecule has 4 rings (SSSR count). The number of benzene rings is 2. The number of pyridine rings is 1. The zero-order valence-electron chi connectivity index (χ0n) is 18.3. The number of hydrogen-bond acceptors (Lipinski definition) is 7. The quantitative estimate of drug-likeness (QED) is 0.429. The molecule has 0 amide bonds. The van der Waals surface area contributed by atoms with Crippen molar-refractivity contribution in [2.45, 2.75) is 31.2 Å². The van der Waals surface area contributed by atoms with Crippen molar-refractivity contribution in [1.82, 2.24) is 14.5 Å². The molecular weight excluding hydrogens is 428 g/mol. The minimum absolute atomic E-state index is 0.244. The first-order chi connectivity index (χ1) is 15.3. The van der Waals surface area contributed by atoms with E-state index in [0.717, 1.165) is 29.7 Å². The van der Waals surface area contributed by atoms with E-state index in [1.807, 2.05) is 18.2 Å². The summed E-state index contributed by atoms with van der Waals surface area (Å²) < 4.78 is 36.7. The molecule has 9 heteroatoms. The highest BCUT2D eigenvalue weighted by atomic mass is 32.2. The number of methoxy groups -OCH3 is 1. The van der Waals surface area contributed by atoms with Crippen LogP contribution in [-0.4, -0.2) is 42.9 Å². The Bertz CT molecular complexity index is 1380. The van der Waals surface area contributed by atoms with Crippen molar-refractivity contribution in [3.05, 3.63) is 48.3 Å². The molecular formula is C23H26N4O4S. The number of aryl methyl sites for hydroxylation is 1. The van der Waals surface area contributed by atoms with Gasteiger partial charge in [-0.2, -0.15) is 0 Å². The highest BCUT2D eigenvalue weighted by Crippen LogP contribution is 2.32. The zero-order chi connectivity index (χ0) is 22.9. The number of ether oxygens (including phenoxy) is 2. The van der Waals surface area contributed by atoms with E-state index in [0.29, 0.717) is 41.4 Å². The molecule has 8 nitrogen and oxygen atoms in total. The van der Waals surface area contributed by atoms with Gasteiger partial charge in [0, 0.05) is 37.8 Å². The minimum Gasteiger partial charge on any atom is -0.457 e. The number of imidazole rings is 1. The summed E-state index contributed by atoms with van der Waals surface area (Å²) in [5.74, 6) is 2.41. The Labute approximate surface area is 186 Å². The van der Waals surface area contributed by atoms with E-state index in [1.165, 1.54) is 18.4 Å². The maximum atomic E-state index is 11.6. The number of anilines is 1. The van der Waals surface area contributed by atoms with Crippen LogP contribution in [0.5, 0.6) is 11.5 Å². The minimum atomic E-state index is -3.26. The van der Waals surface area contributed by atoms with E-state index in [9.17, 15) is 8.42 Å². The second-order valence-corrected chi connectivity index (χ2v) is 9.66. The lowest BCUT2D eigenvalue weighted by molar-refractivity contribution is 0.199. The van der Waals surface area contributed by atoms with Crippen LogP contribution in [0.2, 0.25) is 0 Å². The summed E-state index contributed by atoms with van der Waals surface area (Å²) in [7, 11) is -1.58.